The van der Waals surface area contributed by atoms with Crippen molar-refractivity contribution in [2.75, 3.05) is 27.1 Å². The number of ether oxygens (including phenoxy) is 3. The summed E-state index contributed by atoms with van der Waals surface area (Å²) in [5.41, 5.74) is 4.85. The van der Waals surface area contributed by atoms with E-state index in [9.17, 15) is 13.6 Å². The molecule has 9 heteroatoms. The highest BCUT2D eigenvalue weighted by atomic mass is 19.1. The van der Waals surface area contributed by atoms with Gasteiger partial charge in [0.2, 0.25) is 0 Å². The number of rotatable bonds is 5. The van der Waals surface area contributed by atoms with Gasteiger partial charge in [0, 0.05) is 37.4 Å². The third kappa shape index (κ3) is 3.04. The number of nitrogen functional groups attached to an aromatic ring is 1. The van der Waals surface area contributed by atoms with Gasteiger partial charge in [0.25, 0.3) is 5.56 Å². The highest BCUT2D eigenvalue weighted by molar-refractivity contribution is 5.74. The quantitative estimate of drug-likeness (QED) is 0.723. The number of benzene rings is 2. The van der Waals surface area contributed by atoms with Crippen LogP contribution in [0, 0.1) is 11.6 Å². The van der Waals surface area contributed by atoms with Crippen LogP contribution in [-0.2, 0) is 7.05 Å². The van der Waals surface area contributed by atoms with Gasteiger partial charge >= 0.3 is 0 Å². The van der Waals surface area contributed by atoms with E-state index in [1.165, 1.54) is 37.7 Å². The summed E-state index contributed by atoms with van der Waals surface area (Å²) < 4.78 is 46.9. The molecular weight excluding hydrogens is 372 g/mol. The zero-order chi connectivity index (χ0) is 20.6. The van der Waals surface area contributed by atoms with Gasteiger partial charge in [-0.05, 0) is 0 Å². The molecule has 0 radical (unpaired) electrons. The molecule has 0 spiro atoms. The molecule has 0 amide bonds. The molecule has 0 atom stereocenters. The standard InChI is InChI=1S/C19H19F2N3O4/c1-23-18(16-14(20)8-13(28-4)9-15(16)21)17(22)19(25)24(23)10-5-11(26-2)7-12(6-10)27-3/h5-9H,22H2,1-4H3. The minimum absolute atomic E-state index is 0.0132. The first-order valence-corrected chi connectivity index (χ1v) is 8.16. The molecule has 3 rings (SSSR count). The first kappa shape index (κ1) is 19.3. The van der Waals surface area contributed by atoms with Gasteiger partial charge in [0.15, 0.2) is 0 Å². The van der Waals surface area contributed by atoms with Gasteiger partial charge in [-0.1, -0.05) is 0 Å². The van der Waals surface area contributed by atoms with Crippen LogP contribution in [0.2, 0.25) is 0 Å². The van der Waals surface area contributed by atoms with Gasteiger partial charge in [-0.25, -0.2) is 13.5 Å². The van der Waals surface area contributed by atoms with Crippen LogP contribution in [0.5, 0.6) is 17.2 Å². The maximum atomic E-state index is 14.6. The Morgan fingerprint density at radius 2 is 1.32 bits per heavy atom. The molecule has 0 aliphatic carbocycles. The summed E-state index contributed by atoms with van der Waals surface area (Å²) >= 11 is 0. The minimum atomic E-state index is -0.903. The van der Waals surface area contributed by atoms with E-state index in [2.05, 4.69) is 0 Å². The van der Waals surface area contributed by atoms with E-state index in [0.29, 0.717) is 17.2 Å². The lowest BCUT2D eigenvalue weighted by molar-refractivity contribution is 0.393. The van der Waals surface area contributed by atoms with Crippen LogP contribution in [0.25, 0.3) is 16.9 Å². The van der Waals surface area contributed by atoms with Crippen LogP contribution < -0.4 is 25.5 Å². The van der Waals surface area contributed by atoms with Gasteiger partial charge in [-0.15, -0.1) is 0 Å². The van der Waals surface area contributed by atoms with Crippen molar-refractivity contribution in [2.45, 2.75) is 0 Å². The highest BCUT2D eigenvalue weighted by Gasteiger charge is 2.25. The average Bonchev–Trinajstić information content (AvgIpc) is 2.90. The number of anilines is 1. The van der Waals surface area contributed by atoms with Gasteiger partial charge in [-0.2, -0.15) is 0 Å². The largest absolute Gasteiger partial charge is 0.497 e. The molecule has 2 N–H and O–H groups in total. The van der Waals surface area contributed by atoms with Crippen molar-refractivity contribution in [2.24, 2.45) is 7.05 Å². The Bertz CT molecular complexity index is 1060. The fraction of sp³-hybridized carbons (Fsp3) is 0.211. The summed E-state index contributed by atoms with van der Waals surface area (Å²) in [6.45, 7) is 0. The van der Waals surface area contributed by atoms with Gasteiger partial charge in [0.1, 0.15) is 34.6 Å². The Morgan fingerprint density at radius 3 is 1.79 bits per heavy atom. The number of aromatic nitrogens is 2. The molecule has 0 aliphatic heterocycles. The zero-order valence-corrected chi connectivity index (χ0v) is 15.7. The van der Waals surface area contributed by atoms with Crippen LogP contribution in [0.15, 0.2) is 35.1 Å². The van der Waals surface area contributed by atoms with Crippen LogP contribution in [0.3, 0.4) is 0 Å². The molecule has 1 heterocycles. The number of nitrogens with zero attached hydrogens (tertiary/aromatic N) is 2. The van der Waals surface area contributed by atoms with Crippen molar-refractivity contribution in [3.8, 4) is 34.2 Å². The first-order valence-electron chi connectivity index (χ1n) is 8.16. The Kier molecular flexibility index (Phi) is 5.00. The molecule has 0 saturated carbocycles. The van der Waals surface area contributed by atoms with Crippen molar-refractivity contribution < 1.29 is 23.0 Å². The van der Waals surface area contributed by atoms with E-state index >= 15 is 0 Å². The lowest BCUT2D eigenvalue weighted by atomic mass is 10.1. The maximum Gasteiger partial charge on any atom is 0.295 e. The van der Waals surface area contributed by atoms with Crippen molar-refractivity contribution in [1.82, 2.24) is 9.36 Å². The Labute approximate surface area is 159 Å². The molecular formula is C19H19F2N3O4. The summed E-state index contributed by atoms with van der Waals surface area (Å²) in [5, 5.41) is 0. The van der Waals surface area contributed by atoms with E-state index in [0.717, 1.165) is 12.1 Å². The van der Waals surface area contributed by atoms with E-state index in [4.69, 9.17) is 19.9 Å². The Morgan fingerprint density at radius 1 is 0.857 bits per heavy atom. The second-order valence-electron chi connectivity index (χ2n) is 5.94. The Hall–Kier alpha value is -3.49. The average molecular weight is 391 g/mol. The summed E-state index contributed by atoms with van der Waals surface area (Å²) in [5.74, 6) is -0.924. The van der Waals surface area contributed by atoms with Crippen LogP contribution in [0.1, 0.15) is 0 Å². The number of methoxy groups -OCH3 is 3. The third-order valence-electron chi connectivity index (χ3n) is 4.37. The maximum absolute atomic E-state index is 14.6. The molecule has 2 aromatic carbocycles. The second kappa shape index (κ2) is 7.26. The van der Waals surface area contributed by atoms with Gasteiger partial charge < -0.3 is 19.9 Å². The van der Waals surface area contributed by atoms with E-state index in [-0.39, 0.29) is 17.1 Å². The van der Waals surface area contributed by atoms with E-state index in [1.807, 2.05) is 0 Å². The fourth-order valence-corrected chi connectivity index (χ4v) is 3.02. The lowest BCUT2D eigenvalue weighted by Gasteiger charge is -2.14. The smallest absolute Gasteiger partial charge is 0.295 e. The molecule has 1 aromatic heterocycles. The monoisotopic (exact) mass is 391 g/mol. The zero-order valence-electron chi connectivity index (χ0n) is 15.7. The summed E-state index contributed by atoms with van der Waals surface area (Å²) in [6, 6.07) is 6.83. The predicted molar refractivity (Wildman–Crippen MR) is 100 cm³/mol. The summed E-state index contributed by atoms with van der Waals surface area (Å²) in [7, 11) is 5.70. The number of hydrogen-bond acceptors (Lipinski definition) is 5. The highest BCUT2D eigenvalue weighted by Crippen LogP contribution is 2.33. The summed E-state index contributed by atoms with van der Waals surface area (Å²) in [4.78, 5) is 12.8. The van der Waals surface area contributed by atoms with Crippen molar-refractivity contribution >= 4 is 5.69 Å². The molecule has 28 heavy (non-hydrogen) atoms. The van der Waals surface area contributed by atoms with Crippen LogP contribution in [-0.4, -0.2) is 30.7 Å². The molecule has 148 valence electrons. The SMILES string of the molecule is COc1cc(OC)cc(-n2c(=O)c(N)c(-c3c(F)cc(OC)cc3F)n2C)c1. The molecule has 0 bridgehead atoms. The van der Waals surface area contributed by atoms with Gasteiger partial charge in [0.05, 0.1) is 38.3 Å². The molecule has 0 unspecified atom stereocenters. The minimum Gasteiger partial charge on any atom is -0.497 e. The number of halogens is 2. The van der Waals surface area contributed by atoms with Crippen LogP contribution >= 0.6 is 0 Å². The topological polar surface area (TPSA) is 80.6 Å². The number of nitrogens with two attached hydrogens (primary N) is 1. The second-order valence-corrected chi connectivity index (χ2v) is 5.94. The molecule has 0 saturated heterocycles. The number of hydrogen-bond donors (Lipinski definition) is 1. The molecule has 3 aromatic rings. The lowest BCUT2D eigenvalue weighted by Crippen LogP contribution is -2.20. The van der Waals surface area contributed by atoms with E-state index in [1.54, 1.807) is 18.2 Å². The fourth-order valence-electron chi connectivity index (χ4n) is 3.02. The van der Waals surface area contributed by atoms with Crippen molar-refractivity contribution in [3.05, 3.63) is 52.3 Å². The van der Waals surface area contributed by atoms with Crippen LogP contribution in [0.4, 0.5) is 14.5 Å². The normalized spacial score (nSPS) is 10.8. The Balaban J connectivity index is 2.30. The van der Waals surface area contributed by atoms with Gasteiger partial charge in [-0.3, -0.25) is 9.48 Å². The first-order chi connectivity index (χ1) is 13.3. The molecule has 0 aliphatic rings. The van der Waals surface area contributed by atoms with E-state index < -0.39 is 22.8 Å². The third-order valence-corrected chi connectivity index (χ3v) is 4.37. The summed E-state index contributed by atoms with van der Waals surface area (Å²) in [6.07, 6.45) is 0. The molecule has 7 nitrogen and oxygen atoms in total. The van der Waals surface area contributed by atoms with Crippen molar-refractivity contribution in [3.63, 3.8) is 0 Å². The molecule has 0 fully saturated rings. The van der Waals surface area contributed by atoms with Crippen molar-refractivity contribution in [1.29, 1.82) is 0 Å². The predicted octanol–water partition coefficient (Wildman–Crippen LogP) is 2.73.